The molecule has 0 aromatic heterocycles. The molecule has 0 aliphatic heterocycles. The van der Waals surface area contributed by atoms with Gasteiger partial charge in [0.25, 0.3) is 11.4 Å². The average molecular weight is 310 g/mol. The van der Waals surface area contributed by atoms with Gasteiger partial charge >= 0.3 is 6.21 Å². The van der Waals surface area contributed by atoms with Crippen molar-refractivity contribution in [2.75, 3.05) is 5.75 Å². The number of hydrogen-bond donors (Lipinski definition) is 0. The molecule has 0 aliphatic rings. The van der Waals surface area contributed by atoms with Crippen molar-refractivity contribution >= 4 is 35.1 Å². The third-order valence-electron chi connectivity index (χ3n) is 2.38. The molecule has 0 unspecified atom stereocenters. The molecule has 1 rings (SSSR count). The van der Waals surface area contributed by atoms with Crippen LogP contribution in [0.2, 0.25) is 0 Å². The number of Topliss-reactive ketones (excluding diaryl/α,β-unsaturated/α-hetero) is 1. The lowest BCUT2D eigenvalue weighted by Crippen LogP contribution is -2.00. The van der Waals surface area contributed by atoms with Crippen molar-refractivity contribution in [3.05, 3.63) is 44.0 Å². The second-order valence-corrected chi connectivity index (χ2v) is 4.97. The lowest BCUT2D eigenvalue weighted by atomic mass is 10.2. The highest BCUT2D eigenvalue weighted by atomic mass is 32.2. The molecule has 10 heteroatoms. The Balaban J connectivity index is 2.70. The number of nitro groups is 2. The third-order valence-corrected chi connectivity index (χ3v) is 3.53. The van der Waals surface area contributed by atoms with Gasteiger partial charge in [0.2, 0.25) is 5.78 Å². The molecule has 110 valence electrons. The van der Waals surface area contributed by atoms with Crippen LogP contribution in [0.25, 0.3) is 5.53 Å². The van der Waals surface area contributed by atoms with Crippen LogP contribution in [-0.4, -0.2) is 32.4 Å². The summed E-state index contributed by atoms with van der Waals surface area (Å²) >= 11 is 1.13. The first-order chi connectivity index (χ1) is 9.95. The molecule has 0 spiro atoms. The van der Waals surface area contributed by atoms with E-state index in [-0.39, 0.29) is 23.6 Å². The van der Waals surface area contributed by atoms with Crippen LogP contribution >= 0.6 is 11.8 Å². The van der Waals surface area contributed by atoms with Crippen LogP contribution < -0.4 is 0 Å². The highest BCUT2D eigenvalue weighted by molar-refractivity contribution is 7.99. The lowest BCUT2D eigenvalue weighted by Gasteiger charge is -2.02. The molecular weight excluding hydrogens is 300 g/mol. The fourth-order valence-corrected chi connectivity index (χ4v) is 2.40. The van der Waals surface area contributed by atoms with Crippen LogP contribution in [-0.2, 0) is 4.79 Å². The molecule has 0 heterocycles. The van der Waals surface area contributed by atoms with E-state index in [1.54, 1.807) is 0 Å². The zero-order valence-electron chi connectivity index (χ0n) is 10.7. The summed E-state index contributed by atoms with van der Waals surface area (Å²) in [5.41, 5.74) is 7.47. The predicted molar refractivity (Wildman–Crippen MR) is 74.4 cm³/mol. The monoisotopic (exact) mass is 310 g/mol. The topological polar surface area (TPSA) is 140 Å². The molecule has 0 aliphatic carbocycles. The quantitative estimate of drug-likeness (QED) is 0.137. The Morgan fingerprint density at radius 3 is 2.62 bits per heavy atom. The second kappa shape index (κ2) is 7.88. The minimum atomic E-state index is -0.700. The van der Waals surface area contributed by atoms with Crippen molar-refractivity contribution in [1.29, 1.82) is 0 Å². The predicted octanol–water partition coefficient (Wildman–Crippen LogP) is 2.25. The van der Waals surface area contributed by atoms with Crippen molar-refractivity contribution < 1.29 is 19.4 Å². The molecule has 0 N–H and O–H groups in total. The normalized spacial score (nSPS) is 9.71. The van der Waals surface area contributed by atoms with Crippen molar-refractivity contribution in [3.63, 3.8) is 0 Å². The average Bonchev–Trinajstić information content (AvgIpc) is 2.43. The maximum absolute atomic E-state index is 11.0. The maximum atomic E-state index is 11.0. The van der Waals surface area contributed by atoms with Crippen LogP contribution in [0.3, 0.4) is 0 Å². The summed E-state index contributed by atoms with van der Waals surface area (Å²) in [6.07, 6.45) is 1.38. The Labute approximate surface area is 122 Å². The van der Waals surface area contributed by atoms with E-state index in [1.165, 1.54) is 12.1 Å². The minimum absolute atomic E-state index is 0.151. The zero-order chi connectivity index (χ0) is 15.8. The molecule has 21 heavy (non-hydrogen) atoms. The molecule has 0 amide bonds. The second-order valence-electron chi connectivity index (χ2n) is 3.83. The Hall–Kier alpha value is -2.58. The lowest BCUT2D eigenvalue weighted by molar-refractivity contribution is -0.396. The molecule has 0 saturated carbocycles. The number of rotatable bonds is 8. The van der Waals surface area contributed by atoms with Gasteiger partial charge in [0.1, 0.15) is 0 Å². The van der Waals surface area contributed by atoms with E-state index in [2.05, 4.69) is 4.79 Å². The number of ketones is 1. The number of benzene rings is 1. The summed E-state index contributed by atoms with van der Waals surface area (Å²) < 4.78 is 0. The van der Waals surface area contributed by atoms with E-state index in [1.807, 2.05) is 0 Å². The highest BCUT2D eigenvalue weighted by Gasteiger charge is 2.19. The molecule has 0 bridgehead atoms. The Morgan fingerprint density at radius 2 is 2.05 bits per heavy atom. The molecular formula is C11H10N4O5S. The third kappa shape index (κ3) is 5.13. The number of carbonyl (C=O) groups excluding carboxylic acids is 1. The van der Waals surface area contributed by atoms with E-state index >= 15 is 0 Å². The van der Waals surface area contributed by atoms with E-state index < -0.39 is 9.85 Å². The number of nitrogens with zero attached hydrogens (tertiary/aromatic N) is 4. The molecule has 0 radical (unpaired) electrons. The summed E-state index contributed by atoms with van der Waals surface area (Å²) in [5, 5.41) is 21.5. The molecule has 0 fully saturated rings. The van der Waals surface area contributed by atoms with Crippen LogP contribution in [0, 0.1) is 20.2 Å². The summed E-state index contributed by atoms with van der Waals surface area (Å²) in [4.78, 5) is 34.0. The Bertz CT molecular complexity index is 627. The van der Waals surface area contributed by atoms with Crippen molar-refractivity contribution in [3.8, 4) is 0 Å². The van der Waals surface area contributed by atoms with Crippen LogP contribution in [0.1, 0.15) is 12.8 Å². The number of thioether (sulfide) groups is 1. The van der Waals surface area contributed by atoms with Crippen molar-refractivity contribution in [1.82, 2.24) is 0 Å². The molecule has 0 atom stereocenters. The standard InChI is InChI=1S/C11H10N4O5S/c12-13-7-9(16)2-1-5-21-11-4-3-8(14(17)18)6-10(11)15(19)20/h3-4,6-7H,1-2,5H2. The largest absolute Gasteiger partial charge is 0.361 e. The molecule has 0 saturated heterocycles. The summed E-state index contributed by atoms with van der Waals surface area (Å²) in [6.45, 7) is 0. The van der Waals surface area contributed by atoms with Crippen molar-refractivity contribution in [2.45, 2.75) is 17.7 Å². The first-order valence-corrected chi connectivity index (χ1v) is 6.70. The molecule has 9 nitrogen and oxygen atoms in total. The van der Waals surface area contributed by atoms with Gasteiger partial charge in [-0.15, -0.1) is 11.8 Å². The van der Waals surface area contributed by atoms with Gasteiger partial charge < -0.3 is 5.53 Å². The fraction of sp³-hybridized carbons (Fsp3) is 0.273. The van der Waals surface area contributed by atoms with Gasteiger partial charge in [-0.1, -0.05) is 0 Å². The smallest absolute Gasteiger partial charge is 0.323 e. The summed E-state index contributed by atoms with van der Waals surface area (Å²) in [6, 6.07) is 3.42. The highest BCUT2D eigenvalue weighted by Crippen LogP contribution is 2.32. The number of nitro benzene ring substituents is 2. The van der Waals surface area contributed by atoms with Crippen LogP contribution in [0.4, 0.5) is 11.4 Å². The summed E-state index contributed by atoms with van der Waals surface area (Å²) in [7, 11) is 0. The first-order valence-electron chi connectivity index (χ1n) is 5.71. The van der Waals surface area contributed by atoms with Crippen LogP contribution in [0.15, 0.2) is 23.1 Å². The number of carbonyl (C=O) groups is 1. The van der Waals surface area contributed by atoms with Gasteiger partial charge in [-0.3, -0.25) is 25.0 Å². The van der Waals surface area contributed by atoms with E-state index in [0.29, 0.717) is 17.1 Å². The Morgan fingerprint density at radius 1 is 1.33 bits per heavy atom. The maximum Gasteiger partial charge on any atom is 0.323 e. The van der Waals surface area contributed by atoms with Crippen molar-refractivity contribution in [2.24, 2.45) is 0 Å². The van der Waals surface area contributed by atoms with Gasteiger partial charge in [0.05, 0.1) is 20.8 Å². The molecule has 1 aromatic rings. The summed E-state index contributed by atoms with van der Waals surface area (Å²) in [5.74, 6) is 0.0696. The molecule has 1 aromatic carbocycles. The van der Waals surface area contributed by atoms with E-state index in [0.717, 1.165) is 24.0 Å². The zero-order valence-corrected chi connectivity index (χ0v) is 11.5. The van der Waals surface area contributed by atoms with Gasteiger partial charge in [-0.2, -0.15) is 4.79 Å². The first kappa shape index (κ1) is 16.5. The van der Waals surface area contributed by atoms with Gasteiger partial charge in [0.15, 0.2) is 0 Å². The fourth-order valence-electron chi connectivity index (χ4n) is 1.44. The number of hydrogen-bond acceptors (Lipinski definition) is 6. The van der Waals surface area contributed by atoms with E-state index in [4.69, 9.17) is 5.53 Å². The SMILES string of the molecule is [N-]=[N+]=CC(=O)CCCSc1ccc([N+](=O)[O-])cc1[N+](=O)[O-]. The Kier molecular flexibility index (Phi) is 6.18. The van der Waals surface area contributed by atoms with Gasteiger partial charge in [0, 0.05) is 12.5 Å². The van der Waals surface area contributed by atoms with E-state index in [9.17, 15) is 25.0 Å². The minimum Gasteiger partial charge on any atom is -0.361 e. The van der Waals surface area contributed by atoms with Crippen LogP contribution in [0.5, 0.6) is 0 Å². The van der Waals surface area contributed by atoms with Gasteiger partial charge in [-0.05, 0) is 18.2 Å². The van der Waals surface area contributed by atoms with Gasteiger partial charge in [-0.25, -0.2) is 0 Å². The number of non-ortho nitro benzene ring substituents is 1.